The van der Waals surface area contributed by atoms with E-state index < -0.39 is 0 Å². The molecule has 2 aromatic carbocycles. The van der Waals surface area contributed by atoms with Gasteiger partial charge in [0.05, 0.1) is 5.69 Å². The topological polar surface area (TPSA) is 22.1 Å². The van der Waals surface area contributed by atoms with Crippen LogP contribution in [0.15, 0.2) is 66.9 Å². The molecule has 2 heteroatoms. The summed E-state index contributed by atoms with van der Waals surface area (Å²) >= 11 is 0. The van der Waals surface area contributed by atoms with Crippen molar-refractivity contribution >= 4 is 10.8 Å². The zero-order valence-electron chi connectivity index (χ0n) is 9.91. The molecule has 18 heavy (non-hydrogen) atoms. The summed E-state index contributed by atoms with van der Waals surface area (Å²) in [5, 5.41) is 2.42. The fraction of sp³-hybridized carbons (Fsp3) is 0.0625. The summed E-state index contributed by atoms with van der Waals surface area (Å²) in [5.74, 6) is 0.874. The van der Waals surface area contributed by atoms with Crippen LogP contribution in [0.1, 0.15) is 5.69 Å². The number of aromatic nitrogens is 1. The third-order valence-electron chi connectivity index (χ3n) is 2.83. The highest BCUT2D eigenvalue weighted by atomic mass is 16.5. The predicted molar refractivity (Wildman–Crippen MR) is 72.5 cm³/mol. The fourth-order valence-corrected chi connectivity index (χ4v) is 1.90. The van der Waals surface area contributed by atoms with Gasteiger partial charge < -0.3 is 4.74 Å². The Morgan fingerprint density at radius 1 is 0.833 bits per heavy atom. The molecule has 3 aromatic rings. The smallest absolute Gasteiger partial charge is 0.130 e. The van der Waals surface area contributed by atoms with Crippen molar-refractivity contribution < 1.29 is 4.74 Å². The quantitative estimate of drug-likeness (QED) is 0.688. The molecule has 2 nitrogen and oxygen atoms in total. The zero-order valence-corrected chi connectivity index (χ0v) is 9.91. The largest absolute Gasteiger partial charge is 0.487 e. The number of fused-ring (bicyclic) bond motifs is 1. The second kappa shape index (κ2) is 4.88. The van der Waals surface area contributed by atoms with E-state index in [0.29, 0.717) is 6.61 Å². The molecule has 0 radical (unpaired) electrons. The second-order valence-corrected chi connectivity index (χ2v) is 4.12. The molecule has 0 aliphatic carbocycles. The zero-order chi connectivity index (χ0) is 12.2. The van der Waals surface area contributed by atoms with E-state index >= 15 is 0 Å². The summed E-state index contributed by atoms with van der Waals surface area (Å²) in [7, 11) is 0. The first-order chi connectivity index (χ1) is 8.92. The monoisotopic (exact) mass is 235 g/mol. The van der Waals surface area contributed by atoms with Crippen LogP contribution < -0.4 is 4.74 Å². The van der Waals surface area contributed by atoms with Crippen LogP contribution in [0.2, 0.25) is 0 Å². The molecule has 0 unspecified atom stereocenters. The lowest BCUT2D eigenvalue weighted by molar-refractivity contribution is 0.302. The lowest BCUT2D eigenvalue weighted by atomic mass is 10.1. The predicted octanol–water partition coefficient (Wildman–Crippen LogP) is 3.81. The highest BCUT2D eigenvalue weighted by molar-refractivity contribution is 5.83. The van der Waals surface area contributed by atoms with Gasteiger partial charge in [0.2, 0.25) is 0 Å². The molecule has 1 aromatic heterocycles. The van der Waals surface area contributed by atoms with Gasteiger partial charge in [-0.2, -0.15) is 0 Å². The van der Waals surface area contributed by atoms with E-state index in [1.165, 1.54) is 10.8 Å². The minimum absolute atomic E-state index is 0.499. The molecule has 0 bridgehead atoms. The van der Waals surface area contributed by atoms with Crippen molar-refractivity contribution in [1.82, 2.24) is 4.98 Å². The highest BCUT2D eigenvalue weighted by Gasteiger charge is 1.98. The number of nitrogens with zero attached hydrogens (tertiary/aromatic N) is 1. The standard InChI is InChI=1S/C16H13NO/c1-2-6-14-11-16(9-8-13(14)5-1)18-12-15-7-3-4-10-17-15/h1-11H,12H2. The van der Waals surface area contributed by atoms with Gasteiger partial charge in [-0.05, 0) is 35.0 Å². The second-order valence-electron chi connectivity index (χ2n) is 4.12. The van der Waals surface area contributed by atoms with Crippen molar-refractivity contribution in [1.29, 1.82) is 0 Å². The normalized spacial score (nSPS) is 10.4. The molecule has 0 aliphatic heterocycles. The van der Waals surface area contributed by atoms with Crippen LogP contribution in [0, 0.1) is 0 Å². The Labute approximate surface area is 106 Å². The SMILES string of the molecule is c1ccc(COc2ccc3ccccc3c2)nc1. The molecular formula is C16H13NO. The molecule has 1 heterocycles. The minimum atomic E-state index is 0.499. The van der Waals surface area contributed by atoms with Crippen molar-refractivity contribution in [2.75, 3.05) is 0 Å². The van der Waals surface area contributed by atoms with Gasteiger partial charge >= 0.3 is 0 Å². The Hall–Kier alpha value is -2.35. The number of ether oxygens (including phenoxy) is 1. The minimum Gasteiger partial charge on any atom is -0.487 e. The first-order valence-corrected chi connectivity index (χ1v) is 5.93. The van der Waals surface area contributed by atoms with Crippen molar-refractivity contribution in [3.63, 3.8) is 0 Å². The van der Waals surface area contributed by atoms with E-state index in [1.54, 1.807) is 6.20 Å². The first kappa shape index (κ1) is 10.8. The Bertz CT molecular complexity index is 649. The first-order valence-electron chi connectivity index (χ1n) is 5.93. The summed E-state index contributed by atoms with van der Waals surface area (Å²) in [5.41, 5.74) is 0.936. The molecule has 0 N–H and O–H groups in total. The van der Waals surface area contributed by atoms with Gasteiger partial charge in [-0.25, -0.2) is 0 Å². The Balaban J connectivity index is 1.79. The summed E-state index contributed by atoms with van der Waals surface area (Å²) in [6, 6.07) is 20.2. The fourth-order valence-electron chi connectivity index (χ4n) is 1.90. The van der Waals surface area contributed by atoms with E-state index in [2.05, 4.69) is 29.2 Å². The molecule has 0 fully saturated rings. The maximum Gasteiger partial charge on any atom is 0.130 e. The molecule has 0 atom stereocenters. The lowest BCUT2D eigenvalue weighted by Gasteiger charge is -2.06. The van der Waals surface area contributed by atoms with E-state index in [1.807, 2.05) is 36.4 Å². The summed E-state index contributed by atoms with van der Waals surface area (Å²) in [6.45, 7) is 0.499. The third-order valence-corrected chi connectivity index (χ3v) is 2.83. The molecule has 0 aliphatic rings. The maximum atomic E-state index is 5.74. The van der Waals surface area contributed by atoms with Crippen LogP contribution in [0.3, 0.4) is 0 Å². The van der Waals surface area contributed by atoms with Gasteiger partial charge in [0.25, 0.3) is 0 Å². The number of rotatable bonds is 3. The van der Waals surface area contributed by atoms with Gasteiger partial charge in [0, 0.05) is 6.20 Å². The van der Waals surface area contributed by atoms with Crippen LogP contribution in [0.4, 0.5) is 0 Å². The highest BCUT2D eigenvalue weighted by Crippen LogP contribution is 2.21. The molecule has 3 rings (SSSR count). The van der Waals surface area contributed by atoms with E-state index in [0.717, 1.165) is 11.4 Å². The summed E-state index contributed by atoms with van der Waals surface area (Å²) < 4.78 is 5.74. The van der Waals surface area contributed by atoms with Crippen LogP contribution in [-0.4, -0.2) is 4.98 Å². The lowest BCUT2D eigenvalue weighted by Crippen LogP contribution is -1.97. The van der Waals surface area contributed by atoms with E-state index in [4.69, 9.17) is 4.74 Å². The average molecular weight is 235 g/mol. The van der Waals surface area contributed by atoms with Crippen molar-refractivity contribution in [3.8, 4) is 5.75 Å². The Kier molecular flexibility index (Phi) is 2.92. The Morgan fingerprint density at radius 2 is 1.67 bits per heavy atom. The van der Waals surface area contributed by atoms with Crippen molar-refractivity contribution in [3.05, 3.63) is 72.6 Å². The number of benzene rings is 2. The third kappa shape index (κ3) is 2.33. The molecule has 0 spiro atoms. The summed E-state index contributed by atoms with van der Waals surface area (Å²) in [6.07, 6.45) is 1.78. The number of pyridine rings is 1. The Morgan fingerprint density at radius 3 is 2.50 bits per heavy atom. The average Bonchev–Trinajstić information content (AvgIpc) is 2.46. The van der Waals surface area contributed by atoms with Crippen LogP contribution in [0.5, 0.6) is 5.75 Å². The molecule has 0 saturated carbocycles. The number of hydrogen-bond acceptors (Lipinski definition) is 2. The van der Waals surface area contributed by atoms with Gasteiger partial charge in [-0.3, -0.25) is 4.98 Å². The van der Waals surface area contributed by atoms with E-state index in [9.17, 15) is 0 Å². The van der Waals surface area contributed by atoms with Crippen LogP contribution >= 0.6 is 0 Å². The van der Waals surface area contributed by atoms with Crippen LogP contribution in [-0.2, 0) is 6.61 Å². The maximum absolute atomic E-state index is 5.74. The van der Waals surface area contributed by atoms with Gasteiger partial charge in [0.15, 0.2) is 0 Å². The van der Waals surface area contributed by atoms with Gasteiger partial charge in [-0.1, -0.05) is 36.4 Å². The van der Waals surface area contributed by atoms with Gasteiger partial charge in [0.1, 0.15) is 12.4 Å². The van der Waals surface area contributed by atoms with Gasteiger partial charge in [-0.15, -0.1) is 0 Å². The van der Waals surface area contributed by atoms with Crippen LogP contribution in [0.25, 0.3) is 10.8 Å². The molecular weight excluding hydrogens is 222 g/mol. The van der Waals surface area contributed by atoms with E-state index in [-0.39, 0.29) is 0 Å². The molecule has 0 amide bonds. The molecule has 88 valence electrons. The number of hydrogen-bond donors (Lipinski definition) is 0. The summed E-state index contributed by atoms with van der Waals surface area (Å²) in [4.78, 5) is 4.23. The van der Waals surface area contributed by atoms with Crippen molar-refractivity contribution in [2.24, 2.45) is 0 Å². The van der Waals surface area contributed by atoms with Crippen molar-refractivity contribution in [2.45, 2.75) is 6.61 Å². The molecule has 0 saturated heterocycles.